The van der Waals surface area contributed by atoms with Crippen molar-refractivity contribution in [1.82, 2.24) is 0 Å². The summed E-state index contributed by atoms with van der Waals surface area (Å²) in [4.78, 5) is 2.43. The van der Waals surface area contributed by atoms with E-state index < -0.39 is 0 Å². The van der Waals surface area contributed by atoms with Crippen molar-refractivity contribution in [2.75, 3.05) is 18.1 Å². The van der Waals surface area contributed by atoms with Crippen LogP contribution >= 0.6 is 15.9 Å². The molecule has 3 aromatic carbocycles. The van der Waals surface area contributed by atoms with Gasteiger partial charge >= 0.3 is 0 Å². The van der Waals surface area contributed by atoms with E-state index in [0.29, 0.717) is 5.92 Å². The van der Waals surface area contributed by atoms with Crippen LogP contribution in [0.15, 0.2) is 71.2 Å². The molecular weight excluding hydrogens is 410 g/mol. The molecule has 0 bridgehead atoms. The normalized spacial score (nSPS) is 13.4. The van der Waals surface area contributed by atoms with Crippen LogP contribution in [0.1, 0.15) is 42.0 Å². The van der Waals surface area contributed by atoms with Gasteiger partial charge in [-0.25, -0.2) is 0 Å². The largest absolute Gasteiger partial charge is 0.490 e. The van der Waals surface area contributed by atoms with Crippen LogP contribution in [0, 0.1) is 0 Å². The van der Waals surface area contributed by atoms with Gasteiger partial charge in [0.1, 0.15) is 12.4 Å². The molecule has 0 amide bonds. The number of hydrogen-bond acceptors (Lipinski definition) is 2. The number of anilines is 1. The number of nitrogens with zero attached hydrogens (tertiary/aromatic N) is 1. The Morgan fingerprint density at radius 1 is 0.964 bits per heavy atom. The summed E-state index contributed by atoms with van der Waals surface area (Å²) in [6.45, 7) is 7.08. The SMILES string of the molecule is CC(C)c1ccc(Br)cc1Cc1ccc2c(c1)N(Cc1ccccc1)CCO2. The Morgan fingerprint density at radius 3 is 2.57 bits per heavy atom. The lowest BCUT2D eigenvalue weighted by molar-refractivity contribution is 0.307. The van der Waals surface area contributed by atoms with E-state index >= 15 is 0 Å². The van der Waals surface area contributed by atoms with E-state index in [1.54, 1.807) is 0 Å². The molecular formula is C25H26BrNO. The predicted molar refractivity (Wildman–Crippen MR) is 120 cm³/mol. The third kappa shape index (κ3) is 4.25. The van der Waals surface area contributed by atoms with Gasteiger partial charge in [0, 0.05) is 11.0 Å². The summed E-state index contributed by atoms with van der Waals surface area (Å²) < 4.78 is 7.07. The van der Waals surface area contributed by atoms with E-state index in [9.17, 15) is 0 Å². The highest BCUT2D eigenvalue weighted by molar-refractivity contribution is 9.10. The highest BCUT2D eigenvalue weighted by Gasteiger charge is 2.19. The predicted octanol–water partition coefficient (Wildman–Crippen LogP) is 6.56. The summed E-state index contributed by atoms with van der Waals surface area (Å²) in [6.07, 6.45) is 0.930. The number of fused-ring (bicyclic) bond motifs is 1. The molecule has 0 N–H and O–H groups in total. The third-order valence-corrected chi connectivity index (χ3v) is 5.81. The Kier molecular flexibility index (Phi) is 5.72. The van der Waals surface area contributed by atoms with E-state index in [2.05, 4.69) is 101 Å². The smallest absolute Gasteiger partial charge is 0.142 e. The van der Waals surface area contributed by atoms with Crippen LogP contribution in [-0.2, 0) is 13.0 Å². The Labute approximate surface area is 176 Å². The van der Waals surface area contributed by atoms with Gasteiger partial charge in [0.05, 0.1) is 12.2 Å². The second-order valence-corrected chi connectivity index (χ2v) is 8.65. The van der Waals surface area contributed by atoms with E-state index in [1.165, 1.54) is 27.9 Å². The highest BCUT2D eigenvalue weighted by atomic mass is 79.9. The molecule has 0 atom stereocenters. The van der Waals surface area contributed by atoms with Crippen LogP contribution in [0.2, 0.25) is 0 Å². The molecule has 0 saturated carbocycles. The molecule has 3 aromatic rings. The topological polar surface area (TPSA) is 12.5 Å². The zero-order valence-electron chi connectivity index (χ0n) is 16.5. The molecule has 144 valence electrons. The molecule has 1 aliphatic rings. The summed E-state index contributed by atoms with van der Waals surface area (Å²) in [5, 5.41) is 0. The first-order valence-corrected chi connectivity index (χ1v) is 10.7. The van der Waals surface area contributed by atoms with Crippen molar-refractivity contribution in [2.24, 2.45) is 0 Å². The van der Waals surface area contributed by atoms with Crippen LogP contribution in [-0.4, -0.2) is 13.2 Å². The molecule has 0 aromatic heterocycles. The van der Waals surface area contributed by atoms with Crippen molar-refractivity contribution in [3.8, 4) is 5.75 Å². The minimum atomic E-state index is 0.513. The van der Waals surface area contributed by atoms with E-state index in [-0.39, 0.29) is 0 Å². The van der Waals surface area contributed by atoms with Crippen molar-refractivity contribution < 1.29 is 4.74 Å². The highest BCUT2D eigenvalue weighted by Crippen LogP contribution is 2.35. The number of ether oxygens (including phenoxy) is 1. The number of hydrogen-bond donors (Lipinski definition) is 0. The van der Waals surface area contributed by atoms with Gasteiger partial charge in [-0.1, -0.05) is 72.2 Å². The molecule has 0 unspecified atom stereocenters. The molecule has 0 saturated heterocycles. The zero-order valence-corrected chi connectivity index (χ0v) is 18.1. The first kappa shape index (κ1) is 19.1. The lowest BCUT2D eigenvalue weighted by Gasteiger charge is -2.32. The molecule has 3 heteroatoms. The van der Waals surface area contributed by atoms with Crippen molar-refractivity contribution >= 4 is 21.6 Å². The fraction of sp³-hybridized carbons (Fsp3) is 0.280. The molecule has 28 heavy (non-hydrogen) atoms. The maximum Gasteiger partial charge on any atom is 0.142 e. The van der Waals surface area contributed by atoms with Crippen molar-refractivity contribution in [3.05, 3.63) is 93.5 Å². The first-order valence-electron chi connectivity index (χ1n) is 9.93. The number of rotatable bonds is 5. The van der Waals surface area contributed by atoms with Crippen LogP contribution in [0.25, 0.3) is 0 Å². The second-order valence-electron chi connectivity index (χ2n) is 7.73. The van der Waals surface area contributed by atoms with E-state index in [0.717, 1.165) is 36.3 Å². The maximum absolute atomic E-state index is 5.93. The monoisotopic (exact) mass is 435 g/mol. The summed E-state index contributed by atoms with van der Waals surface area (Å²) >= 11 is 3.64. The van der Waals surface area contributed by atoms with Crippen molar-refractivity contribution in [2.45, 2.75) is 32.7 Å². The third-order valence-electron chi connectivity index (χ3n) is 5.32. The Hall–Kier alpha value is -2.26. The number of halogens is 1. The fourth-order valence-electron chi connectivity index (χ4n) is 3.91. The van der Waals surface area contributed by atoms with Crippen LogP contribution in [0.3, 0.4) is 0 Å². The molecule has 0 radical (unpaired) electrons. The van der Waals surface area contributed by atoms with Gasteiger partial charge in [0.25, 0.3) is 0 Å². The summed E-state index contributed by atoms with van der Waals surface area (Å²) in [7, 11) is 0. The molecule has 1 aliphatic heterocycles. The van der Waals surface area contributed by atoms with E-state index in [1.807, 2.05) is 0 Å². The summed E-state index contributed by atoms with van der Waals surface area (Å²) in [5.74, 6) is 1.50. The van der Waals surface area contributed by atoms with Gasteiger partial charge in [0.2, 0.25) is 0 Å². The summed E-state index contributed by atoms with van der Waals surface area (Å²) in [5.41, 5.74) is 6.65. The van der Waals surface area contributed by atoms with Gasteiger partial charge in [-0.05, 0) is 58.9 Å². The van der Waals surface area contributed by atoms with Crippen LogP contribution in [0.5, 0.6) is 5.75 Å². The van der Waals surface area contributed by atoms with Gasteiger partial charge < -0.3 is 9.64 Å². The van der Waals surface area contributed by atoms with Crippen LogP contribution in [0.4, 0.5) is 5.69 Å². The zero-order chi connectivity index (χ0) is 19.5. The Balaban J connectivity index is 1.63. The lowest BCUT2D eigenvalue weighted by Crippen LogP contribution is -2.32. The molecule has 0 fully saturated rings. The van der Waals surface area contributed by atoms with Crippen LogP contribution < -0.4 is 9.64 Å². The fourth-order valence-corrected chi connectivity index (χ4v) is 4.32. The van der Waals surface area contributed by atoms with Gasteiger partial charge in [0.15, 0.2) is 0 Å². The van der Waals surface area contributed by atoms with E-state index in [4.69, 9.17) is 4.74 Å². The summed E-state index contributed by atoms with van der Waals surface area (Å²) in [6, 6.07) is 23.9. The van der Waals surface area contributed by atoms with Gasteiger partial charge in [-0.15, -0.1) is 0 Å². The quantitative estimate of drug-likeness (QED) is 0.449. The lowest BCUT2D eigenvalue weighted by atomic mass is 9.93. The molecule has 2 nitrogen and oxygen atoms in total. The molecule has 0 spiro atoms. The van der Waals surface area contributed by atoms with Gasteiger partial charge in [-0.2, -0.15) is 0 Å². The minimum absolute atomic E-state index is 0.513. The second kappa shape index (κ2) is 8.40. The van der Waals surface area contributed by atoms with Crippen molar-refractivity contribution in [1.29, 1.82) is 0 Å². The Bertz CT molecular complexity index is 952. The first-order chi connectivity index (χ1) is 13.6. The standard InChI is InChI=1S/C25H26BrNO/c1-18(2)23-10-9-22(26)16-21(23)14-20-8-11-25-24(15-20)27(12-13-28-25)17-19-6-4-3-5-7-19/h3-11,15-16,18H,12-14,17H2,1-2H3. The molecule has 0 aliphatic carbocycles. The average Bonchev–Trinajstić information content (AvgIpc) is 2.69. The molecule has 1 heterocycles. The number of benzene rings is 3. The average molecular weight is 436 g/mol. The van der Waals surface area contributed by atoms with Gasteiger partial charge in [-0.3, -0.25) is 0 Å². The Morgan fingerprint density at radius 2 is 1.79 bits per heavy atom. The van der Waals surface area contributed by atoms with Crippen molar-refractivity contribution in [3.63, 3.8) is 0 Å². The minimum Gasteiger partial charge on any atom is -0.490 e. The molecule has 4 rings (SSSR count). The maximum atomic E-state index is 5.93.